The maximum atomic E-state index is 12.5. The Kier molecular flexibility index (Phi) is 6.22. The largest absolute Gasteiger partial charge is 0.376 e. The second-order valence-corrected chi connectivity index (χ2v) is 7.87. The zero-order valence-corrected chi connectivity index (χ0v) is 16.3. The number of carbonyl (C=O) groups is 1. The number of hydrogen-bond acceptors (Lipinski definition) is 4. The molecular weight excluding hydrogens is 350 g/mol. The summed E-state index contributed by atoms with van der Waals surface area (Å²) < 4.78 is 5.58. The summed E-state index contributed by atoms with van der Waals surface area (Å²) in [6.07, 6.45) is 7.48. The number of benzene rings is 1. The Bertz CT molecular complexity index is 766. The van der Waals surface area contributed by atoms with E-state index in [0.29, 0.717) is 12.1 Å². The molecule has 2 fully saturated rings. The van der Waals surface area contributed by atoms with Crippen LogP contribution in [-0.2, 0) is 11.2 Å². The number of nitrogens with zero attached hydrogens (tertiary/aromatic N) is 2. The fourth-order valence-corrected chi connectivity index (χ4v) is 4.16. The van der Waals surface area contributed by atoms with Crippen LogP contribution in [0.15, 0.2) is 48.7 Å². The standard InChI is InChI=1S/C23H29N3O2/c27-23(25-17-21-7-4-14-28-21)20-8-11-24-22(16-20)26-12-9-19(10-13-26)15-18-5-2-1-3-6-18/h1-3,5-6,8,11,16,19,21H,4,7,9-10,12-15,17H2,(H,25,27). The molecule has 3 heterocycles. The maximum absolute atomic E-state index is 12.5. The summed E-state index contributed by atoms with van der Waals surface area (Å²) in [7, 11) is 0. The van der Waals surface area contributed by atoms with Crippen molar-refractivity contribution in [1.82, 2.24) is 10.3 Å². The topological polar surface area (TPSA) is 54.5 Å². The first-order valence-corrected chi connectivity index (χ1v) is 10.4. The molecule has 5 heteroatoms. The monoisotopic (exact) mass is 379 g/mol. The van der Waals surface area contributed by atoms with Crippen molar-refractivity contribution >= 4 is 11.7 Å². The molecule has 0 bridgehead atoms. The highest BCUT2D eigenvalue weighted by molar-refractivity contribution is 5.94. The molecule has 2 aromatic rings. The lowest BCUT2D eigenvalue weighted by Crippen LogP contribution is -2.35. The van der Waals surface area contributed by atoms with Crippen molar-refractivity contribution in [2.45, 2.75) is 38.2 Å². The second-order valence-electron chi connectivity index (χ2n) is 7.87. The molecule has 1 amide bonds. The van der Waals surface area contributed by atoms with E-state index in [1.54, 1.807) is 12.3 Å². The summed E-state index contributed by atoms with van der Waals surface area (Å²) >= 11 is 0. The highest BCUT2D eigenvalue weighted by Crippen LogP contribution is 2.25. The molecule has 1 N–H and O–H groups in total. The van der Waals surface area contributed by atoms with Gasteiger partial charge in [-0.05, 0) is 55.7 Å². The first-order chi connectivity index (χ1) is 13.8. The van der Waals surface area contributed by atoms with Gasteiger partial charge in [0, 0.05) is 38.0 Å². The lowest BCUT2D eigenvalue weighted by atomic mass is 9.90. The minimum Gasteiger partial charge on any atom is -0.376 e. The first kappa shape index (κ1) is 18.9. The minimum atomic E-state index is -0.0434. The third-order valence-electron chi connectivity index (χ3n) is 5.83. The maximum Gasteiger partial charge on any atom is 0.251 e. The Morgan fingerprint density at radius 3 is 2.71 bits per heavy atom. The quantitative estimate of drug-likeness (QED) is 0.835. The highest BCUT2D eigenvalue weighted by Gasteiger charge is 2.21. The Morgan fingerprint density at radius 2 is 1.96 bits per heavy atom. The third-order valence-corrected chi connectivity index (χ3v) is 5.83. The van der Waals surface area contributed by atoms with E-state index >= 15 is 0 Å². The van der Waals surface area contributed by atoms with Crippen molar-refractivity contribution in [2.24, 2.45) is 5.92 Å². The van der Waals surface area contributed by atoms with Crippen LogP contribution in [0.1, 0.15) is 41.6 Å². The average molecular weight is 380 g/mol. The Hall–Kier alpha value is -2.40. The summed E-state index contributed by atoms with van der Waals surface area (Å²) in [5.74, 6) is 1.58. The Morgan fingerprint density at radius 1 is 1.14 bits per heavy atom. The zero-order valence-electron chi connectivity index (χ0n) is 16.3. The van der Waals surface area contributed by atoms with Gasteiger partial charge in [-0.2, -0.15) is 0 Å². The molecule has 0 aliphatic carbocycles. The number of anilines is 1. The summed E-state index contributed by atoms with van der Waals surface area (Å²) in [4.78, 5) is 19.3. The van der Waals surface area contributed by atoms with Crippen LogP contribution in [0.25, 0.3) is 0 Å². The van der Waals surface area contributed by atoms with Crippen LogP contribution < -0.4 is 10.2 Å². The van der Waals surface area contributed by atoms with Gasteiger partial charge in [-0.15, -0.1) is 0 Å². The number of aromatic nitrogens is 1. The number of amides is 1. The lowest BCUT2D eigenvalue weighted by molar-refractivity contribution is 0.0857. The SMILES string of the molecule is O=C(NCC1CCCO1)c1ccnc(N2CCC(Cc3ccccc3)CC2)c1. The van der Waals surface area contributed by atoms with E-state index in [0.717, 1.165) is 63.5 Å². The van der Waals surface area contributed by atoms with Crippen LogP contribution in [0.4, 0.5) is 5.82 Å². The van der Waals surface area contributed by atoms with Crippen LogP contribution in [0.2, 0.25) is 0 Å². The Labute approximate surface area is 167 Å². The number of ether oxygens (including phenoxy) is 1. The van der Waals surface area contributed by atoms with Gasteiger partial charge >= 0.3 is 0 Å². The molecule has 1 aromatic heterocycles. The molecule has 1 atom stereocenters. The molecule has 148 valence electrons. The van der Waals surface area contributed by atoms with E-state index in [2.05, 4.69) is 45.5 Å². The summed E-state index contributed by atoms with van der Waals surface area (Å²) in [6.45, 7) is 3.37. The van der Waals surface area contributed by atoms with Crippen LogP contribution in [0, 0.1) is 5.92 Å². The summed E-state index contributed by atoms with van der Waals surface area (Å²) in [5, 5.41) is 3.00. The predicted octanol–water partition coefficient (Wildman–Crippen LogP) is 3.45. The fourth-order valence-electron chi connectivity index (χ4n) is 4.16. The second kappa shape index (κ2) is 9.20. The van der Waals surface area contributed by atoms with Crippen molar-refractivity contribution < 1.29 is 9.53 Å². The molecule has 0 saturated carbocycles. The third kappa shape index (κ3) is 4.90. The van der Waals surface area contributed by atoms with Gasteiger partial charge < -0.3 is 15.0 Å². The molecule has 2 saturated heterocycles. The normalized spacial score (nSPS) is 20.3. The van der Waals surface area contributed by atoms with Gasteiger partial charge in [-0.25, -0.2) is 4.98 Å². The highest BCUT2D eigenvalue weighted by atomic mass is 16.5. The van der Waals surface area contributed by atoms with E-state index in [1.165, 1.54) is 5.56 Å². The van der Waals surface area contributed by atoms with Crippen molar-refractivity contribution in [3.8, 4) is 0 Å². The van der Waals surface area contributed by atoms with Crippen molar-refractivity contribution in [1.29, 1.82) is 0 Å². The number of nitrogens with one attached hydrogen (secondary N) is 1. The van der Waals surface area contributed by atoms with E-state index in [1.807, 2.05) is 6.07 Å². The molecule has 1 unspecified atom stereocenters. The number of pyridine rings is 1. The zero-order chi connectivity index (χ0) is 19.2. The van der Waals surface area contributed by atoms with E-state index < -0.39 is 0 Å². The number of carbonyl (C=O) groups excluding carboxylic acids is 1. The summed E-state index contributed by atoms with van der Waals surface area (Å²) in [6, 6.07) is 14.4. The fraction of sp³-hybridized carbons (Fsp3) is 0.478. The number of hydrogen-bond donors (Lipinski definition) is 1. The molecule has 2 aliphatic heterocycles. The minimum absolute atomic E-state index is 0.0434. The van der Waals surface area contributed by atoms with Crippen molar-refractivity contribution in [3.05, 3.63) is 59.8 Å². The van der Waals surface area contributed by atoms with Crippen molar-refractivity contribution in [2.75, 3.05) is 31.1 Å². The van der Waals surface area contributed by atoms with Gasteiger partial charge in [0.25, 0.3) is 5.91 Å². The molecule has 1 aromatic carbocycles. The number of rotatable bonds is 6. The molecule has 28 heavy (non-hydrogen) atoms. The molecule has 4 rings (SSSR count). The average Bonchev–Trinajstić information content (AvgIpc) is 3.27. The van der Waals surface area contributed by atoms with Gasteiger partial charge in [0.2, 0.25) is 0 Å². The van der Waals surface area contributed by atoms with Gasteiger partial charge in [-0.1, -0.05) is 30.3 Å². The van der Waals surface area contributed by atoms with E-state index in [9.17, 15) is 4.79 Å². The van der Waals surface area contributed by atoms with Crippen molar-refractivity contribution in [3.63, 3.8) is 0 Å². The predicted molar refractivity (Wildman–Crippen MR) is 111 cm³/mol. The van der Waals surface area contributed by atoms with Gasteiger partial charge in [0.15, 0.2) is 0 Å². The van der Waals surface area contributed by atoms with Crippen LogP contribution >= 0.6 is 0 Å². The molecule has 5 nitrogen and oxygen atoms in total. The van der Waals surface area contributed by atoms with Crippen LogP contribution in [-0.4, -0.2) is 43.2 Å². The molecule has 2 aliphatic rings. The first-order valence-electron chi connectivity index (χ1n) is 10.4. The lowest BCUT2D eigenvalue weighted by Gasteiger charge is -2.33. The summed E-state index contributed by atoms with van der Waals surface area (Å²) in [5.41, 5.74) is 2.10. The van der Waals surface area contributed by atoms with Gasteiger partial charge in [0.1, 0.15) is 5.82 Å². The number of piperidine rings is 1. The van der Waals surface area contributed by atoms with Crippen LogP contribution in [0.3, 0.4) is 0 Å². The van der Waals surface area contributed by atoms with Crippen LogP contribution in [0.5, 0.6) is 0 Å². The smallest absolute Gasteiger partial charge is 0.251 e. The Balaban J connectivity index is 1.30. The molecule has 0 spiro atoms. The molecular formula is C23H29N3O2. The van der Waals surface area contributed by atoms with E-state index in [4.69, 9.17) is 4.74 Å². The molecule has 0 radical (unpaired) electrons. The van der Waals surface area contributed by atoms with E-state index in [-0.39, 0.29) is 12.0 Å². The van der Waals surface area contributed by atoms with Gasteiger partial charge in [0.05, 0.1) is 6.10 Å². The van der Waals surface area contributed by atoms with Gasteiger partial charge in [-0.3, -0.25) is 4.79 Å².